The molecule has 2 aromatic rings. The fourth-order valence-electron chi connectivity index (χ4n) is 9.76. The first-order chi connectivity index (χ1) is 21.4. The minimum atomic E-state index is -1.06. The van der Waals surface area contributed by atoms with E-state index < -0.39 is 17.8 Å². The first kappa shape index (κ1) is 35.3. The number of likely N-dealkylation sites (tertiary alicyclic amines) is 2. The third-order valence-electron chi connectivity index (χ3n) is 11.5. The van der Waals surface area contributed by atoms with E-state index >= 15 is 0 Å². The van der Waals surface area contributed by atoms with Gasteiger partial charge in [-0.25, -0.2) is 17.6 Å². The molecule has 2 aliphatic heterocycles. The molecule has 2 aromatic carbocycles. The Balaban J connectivity index is 0.000000177. The molecule has 6 saturated carbocycles. The predicted molar refractivity (Wildman–Crippen MR) is 171 cm³/mol. The van der Waals surface area contributed by atoms with Crippen LogP contribution in [0.25, 0.3) is 0 Å². The van der Waals surface area contributed by atoms with Crippen LogP contribution in [0.5, 0.6) is 0 Å². The first-order valence-corrected chi connectivity index (χ1v) is 16.0. The Morgan fingerprint density at radius 3 is 1.53 bits per heavy atom. The molecule has 0 aromatic heterocycles. The Bertz CT molecular complexity index is 1460. The van der Waals surface area contributed by atoms with Crippen LogP contribution in [0.4, 0.5) is 17.6 Å². The summed E-state index contributed by atoms with van der Waals surface area (Å²) in [5.41, 5.74) is 0.771. The second kappa shape index (κ2) is 12.5. The highest BCUT2D eigenvalue weighted by atomic mass is 19.1. The summed E-state index contributed by atoms with van der Waals surface area (Å²) in [5.74, 6) is -0.680. The zero-order valence-corrected chi connectivity index (χ0v) is 25.5. The zero-order chi connectivity index (χ0) is 31.8. The molecule has 4 bridgehead atoms. The molecule has 2 saturated heterocycles. The van der Waals surface area contributed by atoms with Crippen molar-refractivity contribution in [2.75, 3.05) is 33.4 Å². The summed E-state index contributed by atoms with van der Waals surface area (Å²) in [5, 5.41) is 9.32. The second-order valence-electron chi connectivity index (χ2n) is 14.9. The van der Waals surface area contributed by atoms with Gasteiger partial charge in [0.05, 0.1) is 42.6 Å². The molecular formula is C37H48F4N2O4. The normalized spacial score (nSPS) is 37.1. The third-order valence-corrected chi connectivity index (χ3v) is 11.5. The number of aliphatic hydroxyl groups excluding tert-OH is 1. The van der Waals surface area contributed by atoms with Crippen LogP contribution in [0.3, 0.4) is 0 Å². The molecule has 258 valence electrons. The van der Waals surface area contributed by atoms with Crippen LogP contribution in [0.15, 0.2) is 48.5 Å². The first-order valence-electron chi connectivity index (χ1n) is 16.0. The highest BCUT2D eigenvalue weighted by molar-refractivity contribution is 5.88. The number of carbonyl (C=O) groups excluding carboxylic acids is 2. The minimum Gasteiger partial charge on any atom is -0.396 e. The van der Waals surface area contributed by atoms with Crippen LogP contribution in [-0.2, 0) is 14.3 Å². The second-order valence-corrected chi connectivity index (χ2v) is 14.9. The van der Waals surface area contributed by atoms with Crippen LogP contribution < -0.4 is 0 Å². The summed E-state index contributed by atoms with van der Waals surface area (Å²) in [6.07, 6.45) is 3.05. The topological polar surface area (TPSA) is 70.1 Å². The van der Waals surface area contributed by atoms with Gasteiger partial charge in [-0.3, -0.25) is 9.59 Å². The van der Waals surface area contributed by atoms with E-state index in [0.717, 1.165) is 19.3 Å². The van der Waals surface area contributed by atoms with E-state index in [9.17, 15) is 32.3 Å². The van der Waals surface area contributed by atoms with Gasteiger partial charge in [0.25, 0.3) is 0 Å². The Morgan fingerprint density at radius 1 is 0.766 bits per heavy atom. The summed E-state index contributed by atoms with van der Waals surface area (Å²) in [6.45, 7) is 1.04. The van der Waals surface area contributed by atoms with Gasteiger partial charge in [-0.15, -0.1) is 0 Å². The van der Waals surface area contributed by atoms with Gasteiger partial charge >= 0.3 is 0 Å². The van der Waals surface area contributed by atoms with E-state index in [4.69, 9.17) is 4.74 Å². The van der Waals surface area contributed by atoms with Crippen LogP contribution in [-0.4, -0.2) is 72.5 Å². The van der Waals surface area contributed by atoms with Crippen LogP contribution in [0.1, 0.15) is 89.4 Å². The lowest BCUT2D eigenvalue weighted by atomic mass is 9.35. The number of aliphatic hydroxyl groups is 1. The highest BCUT2D eigenvalue weighted by Gasteiger charge is 2.73. The standard InChI is InChI=1S/C18H21F2NO2.C17H19F2NO2.2CH4/c1-23-11-17-8-18(9-17,10-17)16(22)21-7-14(20)6-15(21)12-3-2-4-13(19)5-12;18-12-3-1-2-11(4-12)14-5-13(19)6-20(14)15(22)17-7-16(8-17,9-17)10-21;;/h2-5,14-15H,6-11H2,1H3;1-4,13-14,21H,5-10H2;2*1H4. The van der Waals surface area contributed by atoms with Gasteiger partial charge in [0.15, 0.2) is 0 Å². The molecule has 2 amide bonds. The minimum absolute atomic E-state index is 0. The number of hydrogen-bond donors (Lipinski definition) is 1. The van der Waals surface area contributed by atoms with Gasteiger partial charge in [-0.05, 0) is 84.7 Å². The number of methoxy groups -OCH3 is 1. The van der Waals surface area contributed by atoms with E-state index in [0.29, 0.717) is 37.0 Å². The number of halogens is 4. The van der Waals surface area contributed by atoms with Crippen LogP contribution >= 0.6 is 0 Å². The maximum Gasteiger partial charge on any atom is 0.229 e. The van der Waals surface area contributed by atoms with Gasteiger partial charge < -0.3 is 19.6 Å². The fourth-order valence-corrected chi connectivity index (χ4v) is 9.76. The van der Waals surface area contributed by atoms with Crippen molar-refractivity contribution in [1.29, 1.82) is 0 Å². The summed E-state index contributed by atoms with van der Waals surface area (Å²) in [6, 6.07) is 11.5. The Labute approximate surface area is 275 Å². The number of benzene rings is 2. The van der Waals surface area contributed by atoms with E-state index in [1.54, 1.807) is 41.2 Å². The molecule has 4 atom stereocenters. The highest BCUT2D eigenvalue weighted by Crippen LogP contribution is 2.75. The Kier molecular flexibility index (Phi) is 9.38. The van der Waals surface area contributed by atoms with Crippen molar-refractivity contribution in [3.8, 4) is 0 Å². The molecule has 1 N–H and O–H groups in total. The fraction of sp³-hybridized carbons (Fsp3) is 0.622. The largest absolute Gasteiger partial charge is 0.396 e. The molecule has 47 heavy (non-hydrogen) atoms. The van der Waals surface area contributed by atoms with Crippen molar-refractivity contribution in [3.05, 3.63) is 71.3 Å². The SMILES string of the molecule is C.C.COCC12CC(C(=O)N3CC(F)CC3c3cccc(F)c3)(C1)C2.O=C(N1CC(F)CC1c1cccc(F)c1)C12CC(CO)(C1)C2. The van der Waals surface area contributed by atoms with Crippen molar-refractivity contribution in [2.45, 2.75) is 90.6 Å². The lowest BCUT2D eigenvalue weighted by molar-refractivity contribution is -0.232. The molecule has 0 spiro atoms. The maximum atomic E-state index is 14.0. The lowest BCUT2D eigenvalue weighted by Crippen LogP contribution is -2.69. The number of rotatable bonds is 7. The smallest absolute Gasteiger partial charge is 0.229 e. The van der Waals surface area contributed by atoms with Crippen molar-refractivity contribution >= 4 is 11.8 Å². The van der Waals surface area contributed by atoms with E-state index in [-0.39, 0.29) is 99.2 Å². The number of nitrogens with zero attached hydrogens (tertiary/aromatic N) is 2. The van der Waals surface area contributed by atoms with E-state index in [1.807, 2.05) is 0 Å². The Hall–Kier alpha value is -2.98. The molecule has 10 heteroatoms. The van der Waals surface area contributed by atoms with Crippen LogP contribution in [0, 0.1) is 33.3 Å². The zero-order valence-electron chi connectivity index (χ0n) is 25.5. The monoisotopic (exact) mass is 660 g/mol. The average molecular weight is 661 g/mol. The van der Waals surface area contributed by atoms with Gasteiger partial charge in [-0.2, -0.15) is 0 Å². The molecule has 6 nitrogen and oxygen atoms in total. The number of amides is 2. The summed E-state index contributed by atoms with van der Waals surface area (Å²) >= 11 is 0. The van der Waals surface area contributed by atoms with E-state index in [1.165, 1.54) is 24.3 Å². The number of hydrogen-bond acceptors (Lipinski definition) is 4. The number of alkyl halides is 2. The average Bonchev–Trinajstić information content (AvgIpc) is 3.51. The molecule has 6 aliphatic carbocycles. The molecule has 10 rings (SSSR count). The molecule has 8 fully saturated rings. The molecular weight excluding hydrogens is 612 g/mol. The Morgan fingerprint density at radius 2 is 1.17 bits per heavy atom. The van der Waals surface area contributed by atoms with Crippen molar-refractivity contribution in [2.24, 2.45) is 21.7 Å². The van der Waals surface area contributed by atoms with Gasteiger partial charge in [-0.1, -0.05) is 39.1 Å². The molecule has 8 aliphatic rings. The van der Waals surface area contributed by atoms with Gasteiger partial charge in [0.2, 0.25) is 11.8 Å². The summed E-state index contributed by atoms with van der Waals surface area (Å²) in [7, 11) is 1.68. The quantitative estimate of drug-likeness (QED) is 0.321. The summed E-state index contributed by atoms with van der Waals surface area (Å²) in [4.78, 5) is 29.1. The van der Waals surface area contributed by atoms with Crippen LogP contribution in [0.2, 0.25) is 0 Å². The van der Waals surface area contributed by atoms with Crippen molar-refractivity contribution < 1.29 is 37.0 Å². The van der Waals surface area contributed by atoms with Crippen molar-refractivity contribution in [3.63, 3.8) is 0 Å². The number of carbonyl (C=O) groups is 2. The molecule has 4 unspecified atom stereocenters. The van der Waals surface area contributed by atoms with Gasteiger partial charge in [0, 0.05) is 26.6 Å². The third kappa shape index (κ3) is 5.77. The molecule has 0 radical (unpaired) electrons. The summed E-state index contributed by atoms with van der Waals surface area (Å²) < 4.78 is 60.0. The van der Waals surface area contributed by atoms with Gasteiger partial charge in [0.1, 0.15) is 24.0 Å². The molecule has 2 heterocycles. The number of ether oxygens (including phenoxy) is 1. The predicted octanol–water partition coefficient (Wildman–Crippen LogP) is 7.13. The van der Waals surface area contributed by atoms with Crippen molar-refractivity contribution in [1.82, 2.24) is 9.80 Å². The lowest BCUT2D eigenvalue weighted by Gasteiger charge is -2.69. The van der Waals surface area contributed by atoms with E-state index in [2.05, 4.69) is 0 Å². The maximum absolute atomic E-state index is 14.0.